The highest BCUT2D eigenvalue weighted by molar-refractivity contribution is 7.94. The average molecular weight is 360 g/mol. The number of sulfonamides is 2. The molecule has 1 aliphatic rings. The number of benzene rings is 1. The zero-order valence-electron chi connectivity index (χ0n) is 13.3. The van der Waals surface area contributed by atoms with Gasteiger partial charge >= 0.3 is 0 Å². The van der Waals surface area contributed by atoms with Gasteiger partial charge in [0.25, 0.3) is 0 Å². The molecular weight excluding hydrogens is 340 g/mol. The molecule has 0 aromatic heterocycles. The van der Waals surface area contributed by atoms with Gasteiger partial charge in [0, 0.05) is 19.5 Å². The Kier molecular flexibility index (Phi) is 4.84. The topological polar surface area (TPSA) is 91.8 Å². The zero-order valence-corrected chi connectivity index (χ0v) is 14.9. The van der Waals surface area contributed by atoms with Crippen LogP contribution < -0.4 is 4.31 Å². The summed E-state index contributed by atoms with van der Waals surface area (Å²) in [6.45, 7) is 5.72. The maximum atomic E-state index is 12.7. The van der Waals surface area contributed by atoms with Gasteiger partial charge in [-0.3, -0.25) is 4.79 Å². The van der Waals surface area contributed by atoms with Gasteiger partial charge in [0.2, 0.25) is 26.0 Å². The Bertz CT molecular complexity index is 827. The molecule has 9 heteroatoms. The molecule has 23 heavy (non-hydrogen) atoms. The Labute approximate surface area is 137 Å². The number of carbonyl (C=O) groups is 1. The molecule has 0 radical (unpaired) electrons. The molecule has 0 unspecified atom stereocenters. The predicted molar refractivity (Wildman–Crippen MR) is 87.2 cm³/mol. The summed E-state index contributed by atoms with van der Waals surface area (Å²) < 4.78 is 51.4. The van der Waals surface area contributed by atoms with Crippen LogP contribution in [0.4, 0.5) is 5.69 Å². The summed E-state index contributed by atoms with van der Waals surface area (Å²) in [6.07, 6.45) is -0.0890. The van der Waals surface area contributed by atoms with Crippen LogP contribution in [0, 0.1) is 6.92 Å². The number of rotatable bonds is 5. The Balaban J connectivity index is 2.59. The number of hydrogen-bond donors (Lipinski definition) is 0. The lowest BCUT2D eigenvalue weighted by Gasteiger charge is -2.22. The van der Waals surface area contributed by atoms with Crippen molar-refractivity contribution >= 4 is 31.6 Å². The van der Waals surface area contributed by atoms with Crippen molar-refractivity contribution in [3.63, 3.8) is 0 Å². The average Bonchev–Trinajstić information content (AvgIpc) is 2.74. The molecular formula is C14H20N2O5S2. The second-order valence-corrected chi connectivity index (χ2v) is 9.11. The summed E-state index contributed by atoms with van der Waals surface area (Å²) in [7, 11) is -7.46. The largest absolute Gasteiger partial charge is 0.273 e. The highest BCUT2D eigenvalue weighted by Crippen LogP contribution is 2.30. The van der Waals surface area contributed by atoms with Crippen LogP contribution in [0.5, 0.6) is 0 Å². The van der Waals surface area contributed by atoms with E-state index in [0.29, 0.717) is 23.0 Å². The van der Waals surface area contributed by atoms with Gasteiger partial charge in [0.1, 0.15) is 0 Å². The van der Waals surface area contributed by atoms with Gasteiger partial charge < -0.3 is 0 Å². The van der Waals surface area contributed by atoms with Gasteiger partial charge in [-0.2, -0.15) is 4.31 Å². The molecule has 1 aromatic rings. The quantitative estimate of drug-likeness (QED) is 0.784. The molecule has 0 bridgehead atoms. The monoisotopic (exact) mass is 360 g/mol. The third-order valence-electron chi connectivity index (χ3n) is 3.81. The fraction of sp³-hybridized carbons (Fsp3) is 0.500. The van der Waals surface area contributed by atoms with Crippen molar-refractivity contribution in [1.82, 2.24) is 4.31 Å². The minimum atomic E-state index is -3.74. The van der Waals surface area contributed by atoms with Gasteiger partial charge in [-0.1, -0.05) is 19.9 Å². The maximum Gasteiger partial charge on any atom is 0.243 e. The molecule has 7 nitrogen and oxygen atoms in total. The van der Waals surface area contributed by atoms with Crippen LogP contribution >= 0.6 is 0 Å². The maximum absolute atomic E-state index is 12.7. The van der Waals surface area contributed by atoms with Crippen molar-refractivity contribution in [2.45, 2.75) is 32.1 Å². The lowest BCUT2D eigenvalue weighted by molar-refractivity contribution is -0.116. The normalized spacial score (nSPS) is 17.9. The third-order valence-corrected chi connectivity index (χ3v) is 7.69. The fourth-order valence-electron chi connectivity index (χ4n) is 2.56. The molecule has 2 rings (SSSR count). The van der Waals surface area contributed by atoms with E-state index < -0.39 is 26.0 Å². The van der Waals surface area contributed by atoms with Crippen LogP contribution in [0.15, 0.2) is 23.1 Å². The highest BCUT2D eigenvalue weighted by Gasteiger charge is 2.37. The van der Waals surface area contributed by atoms with Crippen molar-refractivity contribution in [2.75, 3.05) is 23.1 Å². The smallest absolute Gasteiger partial charge is 0.243 e. The van der Waals surface area contributed by atoms with Crippen molar-refractivity contribution < 1.29 is 21.6 Å². The molecule has 1 aliphatic heterocycles. The number of amides is 1. The lowest BCUT2D eigenvalue weighted by Crippen LogP contribution is -2.32. The van der Waals surface area contributed by atoms with Gasteiger partial charge in [-0.05, 0) is 24.6 Å². The minimum absolute atomic E-state index is 0.0219. The first-order chi connectivity index (χ1) is 10.6. The Hall–Kier alpha value is -1.45. The molecule has 1 amide bonds. The van der Waals surface area contributed by atoms with Crippen molar-refractivity contribution in [3.8, 4) is 0 Å². The summed E-state index contributed by atoms with van der Waals surface area (Å²) in [5, 5.41) is 0. The van der Waals surface area contributed by atoms with Gasteiger partial charge in [-0.25, -0.2) is 21.1 Å². The van der Waals surface area contributed by atoms with Crippen LogP contribution in [-0.4, -0.2) is 45.9 Å². The highest BCUT2D eigenvalue weighted by atomic mass is 32.2. The molecule has 128 valence electrons. The molecule has 0 atom stereocenters. The third kappa shape index (κ3) is 3.13. The Morgan fingerprint density at radius 1 is 1.22 bits per heavy atom. The molecule has 0 aliphatic carbocycles. The summed E-state index contributed by atoms with van der Waals surface area (Å²) in [6, 6.07) is 4.24. The van der Waals surface area contributed by atoms with Crippen LogP contribution in [0.2, 0.25) is 0 Å². The summed E-state index contributed by atoms with van der Waals surface area (Å²) in [5.41, 5.74) is 0.577. The number of aryl methyl sites for hydroxylation is 1. The second kappa shape index (κ2) is 6.21. The summed E-state index contributed by atoms with van der Waals surface area (Å²) in [4.78, 5) is 11.9. The lowest BCUT2D eigenvalue weighted by atomic mass is 10.2. The van der Waals surface area contributed by atoms with E-state index in [1.54, 1.807) is 20.8 Å². The molecule has 1 saturated heterocycles. The van der Waals surface area contributed by atoms with Crippen molar-refractivity contribution in [3.05, 3.63) is 23.8 Å². The van der Waals surface area contributed by atoms with Gasteiger partial charge in [0.05, 0.1) is 16.3 Å². The van der Waals surface area contributed by atoms with Crippen LogP contribution in [0.1, 0.15) is 25.8 Å². The van der Waals surface area contributed by atoms with E-state index in [9.17, 15) is 21.6 Å². The Morgan fingerprint density at radius 2 is 1.83 bits per heavy atom. The summed E-state index contributed by atoms with van der Waals surface area (Å²) in [5.74, 6) is -0.794. The number of hydrogen-bond acceptors (Lipinski definition) is 5. The molecule has 0 saturated carbocycles. The van der Waals surface area contributed by atoms with E-state index in [1.807, 2.05) is 0 Å². The van der Waals surface area contributed by atoms with Crippen molar-refractivity contribution in [2.24, 2.45) is 0 Å². The first-order valence-electron chi connectivity index (χ1n) is 7.31. The number of carbonyl (C=O) groups excluding carboxylic acids is 1. The second-order valence-electron chi connectivity index (χ2n) is 5.26. The van der Waals surface area contributed by atoms with E-state index in [-0.39, 0.29) is 22.8 Å². The van der Waals surface area contributed by atoms with Crippen LogP contribution in [0.3, 0.4) is 0 Å². The van der Waals surface area contributed by atoms with Crippen LogP contribution in [0.25, 0.3) is 0 Å². The van der Waals surface area contributed by atoms with Gasteiger partial charge in [0.15, 0.2) is 0 Å². The molecule has 0 spiro atoms. The SMILES string of the molecule is CCN(CC)S(=O)(=O)c1cc(N2C(=O)CCS2(=O)=O)ccc1C. The van der Waals surface area contributed by atoms with E-state index in [1.165, 1.54) is 22.5 Å². The van der Waals surface area contributed by atoms with E-state index in [2.05, 4.69) is 0 Å². The van der Waals surface area contributed by atoms with E-state index >= 15 is 0 Å². The predicted octanol–water partition coefficient (Wildman–Crippen LogP) is 1.09. The zero-order chi connectivity index (χ0) is 17.4. The minimum Gasteiger partial charge on any atom is -0.273 e. The first-order valence-corrected chi connectivity index (χ1v) is 10.4. The van der Waals surface area contributed by atoms with E-state index in [4.69, 9.17) is 0 Å². The number of nitrogens with zero attached hydrogens (tertiary/aromatic N) is 2. The molecule has 1 heterocycles. The summed E-state index contributed by atoms with van der Waals surface area (Å²) >= 11 is 0. The van der Waals surface area contributed by atoms with E-state index in [0.717, 1.165) is 0 Å². The first kappa shape index (κ1) is 17.9. The van der Waals surface area contributed by atoms with Gasteiger partial charge in [-0.15, -0.1) is 0 Å². The number of anilines is 1. The fourth-order valence-corrected chi connectivity index (χ4v) is 5.72. The Morgan fingerprint density at radius 3 is 2.30 bits per heavy atom. The molecule has 1 fully saturated rings. The van der Waals surface area contributed by atoms with Crippen LogP contribution in [-0.2, 0) is 24.8 Å². The molecule has 0 N–H and O–H groups in total. The molecule has 1 aromatic carbocycles. The standard InChI is InChI=1S/C14H20N2O5S2/c1-4-15(5-2)23(20,21)13-10-12(7-6-11(13)3)16-14(17)8-9-22(16,18)19/h6-7,10H,4-5,8-9H2,1-3H3. The van der Waals surface area contributed by atoms with Crippen molar-refractivity contribution in [1.29, 1.82) is 0 Å².